The maximum absolute atomic E-state index is 6.87. The molecule has 2 fully saturated rings. The van der Waals surface area contributed by atoms with Crippen LogP contribution in [0.25, 0.3) is 187 Å². The van der Waals surface area contributed by atoms with Gasteiger partial charge in [0.15, 0.2) is 29.1 Å². The highest BCUT2D eigenvalue weighted by Gasteiger charge is 2.52. The van der Waals surface area contributed by atoms with Gasteiger partial charge in [0, 0.05) is 105 Å². The number of aromatic nitrogens is 6. The Kier molecular flexibility index (Phi) is 17.9. The standard InChI is InChI=1S/C43H25N3O2.C34H27BO3S.C15H10ClN3.C4H8O/c1-3-12-26(13-4-1)41-44-42(27-14-5-2-6-15-27)46-43(45-41)33-23-22-31(30-19-11-21-36-38(30)32-18-9-10-20-35(32)47-36)40-39(33)34-24-28-16-7-8-17-29(28)25-37(34)48-40;1-33(2)34(3,4)38-35(37-33)27-16-15-23(22-13-14-25-24-11-7-8-12-29(24)39-30(25)19-22)32-31(27)26-17-20-9-5-6-10-21(20)18-28(26)36-32;16-15-18-13(11-7-3-1-4-8-11)17-14(19-15)12-9-5-2-6-10-12;1-2-4-5-3-1/h1-25H;5-19H,1-4H3;1-10H;1-4H2. The fourth-order valence-corrected chi connectivity index (χ4v) is 16.4. The van der Waals surface area contributed by atoms with E-state index in [9.17, 15) is 0 Å². The molecular formula is C96H70BClN6O6S. The quantitative estimate of drug-likeness (QED) is 0.134. The molecule has 0 bridgehead atoms. The molecule has 20 aromatic rings. The van der Waals surface area contributed by atoms with Crippen molar-refractivity contribution in [3.8, 4) is 79.2 Å². The highest BCUT2D eigenvalue weighted by molar-refractivity contribution is 7.25. The van der Waals surface area contributed by atoms with Crippen LogP contribution in [-0.4, -0.2) is 61.4 Å². The van der Waals surface area contributed by atoms with Crippen LogP contribution in [0.1, 0.15) is 40.5 Å². The van der Waals surface area contributed by atoms with Gasteiger partial charge in [0.1, 0.15) is 33.5 Å². The summed E-state index contributed by atoms with van der Waals surface area (Å²) in [5.74, 6) is 2.98. The molecule has 8 heterocycles. The number of hydrogen-bond donors (Lipinski definition) is 0. The molecule has 0 N–H and O–H groups in total. The number of ether oxygens (including phenoxy) is 1. The van der Waals surface area contributed by atoms with Crippen molar-refractivity contribution in [3.05, 3.63) is 309 Å². The zero-order valence-corrected chi connectivity index (χ0v) is 62.8. The molecule has 0 unspecified atom stereocenters. The molecule has 2 aliphatic rings. The summed E-state index contributed by atoms with van der Waals surface area (Å²) in [5.41, 5.74) is 14.0. The van der Waals surface area contributed by atoms with Crippen molar-refractivity contribution in [2.45, 2.75) is 51.7 Å². The monoisotopic (exact) mass is 1480 g/mol. The molecule has 6 aromatic heterocycles. The minimum atomic E-state index is -0.483. The number of hydrogen-bond acceptors (Lipinski definition) is 13. The maximum atomic E-state index is 6.87. The van der Waals surface area contributed by atoms with E-state index in [1.54, 1.807) is 0 Å². The van der Waals surface area contributed by atoms with Crippen LogP contribution in [0.3, 0.4) is 0 Å². The lowest BCUT2D eigenvalue weighted by molar-refractivity contribution is 0.00578. The van der Waals surface area contributed by atoms with Gasteiger partial charge in [-0.05, 0) is 151 Å². The van der Waals surface area contributed by atoms with E-state index in [-0.39, 0.29) is 5.28 Å². The highest BCUT2D eigenvalue weighted by atomic mass is 35.5. The van der Waals surface area contributed by atoms with Crippen molar-refractivity contribution >= 4 is 143 Å². The van der Waals surface area contributed by atoms with Gasteiger partial charge in [-0.15, -0.1) is 11.3 Å². The van der Waals surface area contributed by atoms with Crippen LogP contribution in [0, 0.1) is 0 Å². The van der Waals surface area contributed by atoms with E-state index in [4.69, 9.17) is 53.8 Å². The zero-order valence-electron chi connectivity index (χ0n) is 61.2. The third kappa shape index (κ3) is 13.1. The molecule has 2 saturated heterocycles. The lowest BCUT2D eigenvalue weighted by Gasteiger charge is -2.32. The van der Waals surface area contributed by atoms with E-state index < -0.39 is 18.3 Å². The molecule has 12 nitrogen and oxygen atoms in total. The normalized spacial score (nSPS) is 13.9. The molecular weight excluding hydrogens is 1410 g/mol. The summed E-state index contributed by atoms with van der Waals surface area (Å²) >= 11 is 7.82. The lowest BCUT2D eigenvalue weighted by Crippen LogP contribution is -2.41. The van der Waals surface area contributed by atoms with E-state index in [2.05, 4.69) is 200 Å². The highest BCUT2D eigenvalue weighted by Crippen LogP contribution is 2.48. The molecule has 15 heteroatoms. The molecule has 536 valence electrons. The van der Waals surface area contributed by atoms with Crippen LogP contribution in [0.15, 0.2) is 317 Å². The number of halogens is 1. The van der Waals surface area contributed by atoms with Gasteiger partial charge in [0.2, 0.25) is 5.28 Å². The van der Waals surface area contributed by atoms with Crippen molar-refractivity contribution in [3.63, 3.8) is 0 Å². The van der Waals surface area contributed by atoms with Crippen LogP contribution in [0.5, 0.6) is 0 Å². The molecule has 0 saturated carbocycles. The Morgan fingerprint density at radius 1 is 0.315 bits per heavy atom. The summed E-state index contributed by atoms with van der Waals surface area (Å²) in [7, 11) is -0.483. The predicted molar refractivity (Wildman–Crippen MR) is 455 cm³/mol. The zero-order chi connectivity index (χ0) is 74.7. The Morgan fingerprint density at radius 3 is 1.32 bits per heavy atom. The molecule has 22 rings (SSSR count). The molecule has 2 aliphatic heterocycles. The Morgan fingerprint density at radius 2 is 0.766 bits per heavy atom. The van der Waals surface area contributed by atoms with E-state index in [1.807, 2.05) is 157 Å². The van der Waals surface area contributed by atoms with Gasteiger partial charge >= 0.3 is 7.12 Å². The third-order valence-electron chi connectivity index (χ3n) is 21.3. The topological polar surface area (TPSA) is 144 Å². The van der Waals surface area contributed by atoms with Crippen molar-refractivity contribution < 1.29 is 27.3 Å². The van der Waals surface area contributed by atoms with Crippen LogP contribution in [0.4, 0.5) is 0 Å². The van der Waals surface area contributed by atoms with Crippen LogP contribution >= 0.6 is 22.9 Å². The van der Waals surface area contributed by atoms with Crippen LogP contribution < -0.4 is 5.46 Å². The second kappa shape index (κ2) is 28.8. The molecule has 111 heavy (non-hydrogen) atoms. The second-order valence-corrected chi connectivity index (χ2v) is 30.3. The van der Waals surface area contributed by atoms with Crippen LogP contribution in [-0.2, 0) is 14.0 Å². The van der Waals surface area contributed by atoms with Crippen molar-refractivity contribution in [1.82, 2.24) is 29.9 Å². The van der Waals surface area contributed by atoms with Gasteiger partial charge < -0.3 is 27.3 Å². The van der Waals surface area contributed by atoms with Gasteiger partial charge in [-0.25, -0.2) is 19.9 Å². The summed E-state index contributed by atoms with van der Waals surface area (Å²) in [4.78, 5) is 28.0. The number of fused-ring (bicyclic) bond motifs is 14. The molecule has 0 aliphatic carbocycles. The number of benzene rings is 14. The van der Waals surface area contributed by atoms with Crippen molar-refractivity contribution in [2.24, 2.45) is 0 Å². The van der Waals surface area contributed by atoms with Gasteiger partial charge in [0.05, 0.1) is 11.2 Å². The molecule has 0 spiro atoms. The summed E-state index contributed by atoms with van der Waals surface area (Å²) < 4.78 is 40.5. The van der Waals surface area contributed by atoms with E-state index in [1.165, 1.54) is 38.4 Å². The Bertz CT molecular complexity index is 6790. The average Bonchev–Trinajstić information content (AvgIpc) is 1.59. The average molecular weight is 1480 g/mol. The number of nitrogens with zero attached hydrogens (tertiary/aromatic N) is 6. The largest absolute Gasteiger partial charge is 0.495 e. The van der Waals surface area contributed by atoms with E-state index in [0.717, 1.165) is 151 Å². The minimum absolute atomic E-state index is 0.202. The van der Waals surface area contributed by atoms with E-state index in [0.29, 0.717) is 29.1 Å². The van der Waals surface area contributed by atoms with Gasteiger partial charge in [-0.1, -0.05) is 243 Å². The fourth-order valence-electron chi connectivity index (χ4n) is 15.1. The summed E-state index contributed by atoms with van der Waals surface area (Å²) in [5, 5.41) is 13.6. The second-order valence-electron chi connectivity index (χ2n) is 28.9. The van der Waals surface area contributed by atoms with E-state index >= 15 is 0 Å². The number of thiophene rings is 1. The summed E-state index contributed by atoms with van der Waals surface area (Å²) in [6, 6.07) is 103. The fraction of sp³-hybridized carbons (Fsp3) is 0.104. The Labute approximate surface area is 648 Å². The first-order chi connectivity index (χ1) is 54.4. The first-order valence-corrected chi connectivity index (χ1v) is 38.5. The van der Waals surface area contributed by atoms with Gasteiger partial charge in [-0.2, -0.15) is 9.97 Å². The first-order valence-electron chi connectivity index (χ1n) is 37.3. The minimum Gasteiger partial charge on any atom is -0.456 e. The molecule has 0 atom stereocenters. The molecule has 0 amide bonds. The summed E-state index contributed by atoms with van der Waals surface area (Å²) in [6.07, 6.45) is 2.56. The number of para-hydroxylation sites is 1. The van der Waals surface area contributed by atoms with Crippen molar-refractivity contribution in [2.75, 3.05) is 13.2 Å². The SMILES string of the molecule is C1CCOC1.CC1(C)OB(c2ccc(-c3ccc4c(c3)sc3ccccc34)c3oc4cc5ccccc5cc4c23)OC1(C)C.Clc1nc(-c2ccccc2)nc(-c2ccccc2)n1.c1ccc(-c2nc(-c3ccccc3)nc(-c3ccc(-c4cccc5oc6ccccc6c45)c4oc5cc6ccccc6cc5c34)n2)cc1. The lowest BCUT2D eigenvalue weighted by atomic mass is 9.75. The first kappa shape index (κ1) is 69.0. The smallest absolute Gasteiger partial charge is 0.456 e. The number of furan rings is 3. The van der Waals surface area contributed by atoms with Crippen molar-refractivity contribution in [1.29, 1.82) is 0 Å². The summed E-state index contributed by atoms with van der Waals surface area (Å²) in [6.45, 7) is 10.4. The molecule has 14 aromatic carbocycles. The maximum Gasteiger partial charge on any atom is 0.495 e. The third-order valence-corrected chi connectivity index (χ3v) is 22.6. The van der Waals surface area contributed by atoms with Crippen LogP contribution in [0.2, 0.25) is 5.28 Å². The Balaban J connectivity index is 0.000000117. The number of rotatable bonds is 8. The van der Waals surface area contributed by atoms with Gasteiger partial charge in [0.25, 0.3) is 0 Å². The Hall–Kier alpha value is -12.5. The van der Waals surface area contributed by atoms with Gasteiger partial charge in [-0.3, -0.25) is 0 Å². The predicted octanol–water partition coefficient (Wildman–Crippen LogP) is 25.2. The molecule has 0 radical (unpaired) electrons.